The summed E-state index contributed by atoms with van der Waals surface area (Å²) in [5, 5.41) is 3.59. The van der Waals surface area contributed by atoms with Gasteiger partial charge in [0.05, 0.1) is 5.54 Å². The van der Waals surface area contributed by atoms with E-state index in [4.69, 9.17) is 15.1 Å². The third-order valence-corrected chi connectivity index (χ3v) is 7.35. The van der Waals surface area contributed by atoms with E-state index in [0.717, 1.165) is 49.4 Å². The van der Waals surface area contributed by atoms with Crippen molar-refractivity contribution >= 4 is 5.82 Å². The summed E-state index contributed by atoms with van der Waals surface area (Å²) in [7, 11) is 0. The van der Waals surface area contributed by atoms with Crippen molar-refractivity contribution in [1.29, 1.82) is 0 Å². The molecule has 0 spiro atoms. The molecule has 0 unspecified atom stereocenters. The number of likely N-dealkylation sites (tertiary alicyclic amines) is 1. The van der Waals surface area contributed by atoms with Crippen molar-refractivity contribution in [2.45, 2.75) is 63.5 Å². The van der Waals surface area contributed by atoms with Crippen LogP contribution < -0.4 is 11.1 Å². The molecule has 3 N–H and O–H groups in total. The molecule has 1 saturated heterocycles. The molecule has 1 saturated carbocycles. The van der Waals surface area contributed by atoms with Crippen molar-refractivity contribution in [1.82, 2.24) is 14.9 Å². The Bertz CT molecular complexity index is 1100. The SMILES string of the molecule is CCN1CCC(N)(c2nc(-c3ccc(F)cc3)c(-c3ccnc(NC4CCCCC4)c3)o2)CC1. The van der Waals surface area contributed by atoms with Crippen LogP contribution in [0.5, 0.6) is 0 Å². The highest BCUT2D eigenvalue weighted by atomic mass is 19.1. The van der Waals surface area contributed by atoms with Gasteiger partial charge in [0.2, 0.25) is 5.89 Å². The number of benzene rings is 1. The highest BCUT2D eigenvalue weighted by Gasteiger charge is 2.37. The number of hydrogen-bond donors (Lipinski definition) is 2. The summed E-state index contributed by atoms with van der Waals surface area (Å²) in [6, 6.07) is 10.8. The fourth-order valence-electron chi connectivity index (χ4n) is 5.12. The van der Waals surface area contributed by atoms with Crippen LogP contribution in [0.15, 0.2) is 47.0 Å². The normalized spacial score (nSPS) is 19.3. The highest BCUT2D eigenvalue weighted by Crippen LogP contribution is 2.39. The number of rotatable bonds is 6. The lowest BCUT2D eigenvalue weighted by molar-refractivity contribution is 0.147. The van der Waals surface area contributed by atoms with Crippen molar-refractivity contribution < 1.29 is 8.81 Å². The summed E-state index contributed by atoms with van der Waals surface area (Å²) >= 11 is 0. The fourth-order valence-corrected chi connectivity index (χ4v) is 5.12. The minimum absolute atomic E-state index is 0.279. The largest absolute Gasteiger partial charge is 0.438 e. The lowest BCUT2D eigenvalue weighted by atomic mass is 9.88. The fraction of sp³-hybridized carbons (Fsp3) is 0.481. The van der Waals surface area contributed by atoms with Crippen molar-refractivity contribution in [2.75, 3.05) is 25.0 Å². The van der Waals surface area contributed by atoms with Gasteiger partial charge in [0.25, 0.3) is 0 Å². The molecule has 180 valence electrons. The van der Waals surface area contributed by atoms with Gasteiger partial charge in [-0.1, -0.05) is 26.2 Å². The molecule has 0 amide bonds. The number of pyridine rings is 1. The van der Waals surface area contributed by atoms with Crippen molar-refractivity contribution in [3.63, 3.8) is 0 Å². The molecule has 34 heavy (non-hydrogen) atoms. The minimum atomic E-state index is -0.616. The van der Waals surface area contributed by atoms with Crippen LogP contribution in [0.4, 0.5) is 10.2 Å². The van der Waals surface area contributed by atoms with Crippen LogP contribution in [-0.4, -0.2) is 40.5 Å². The molecule has 3 aromatic rings. The van der Waals surface area contributed by atoms with Gasteiger partial charge in [-0.25, -0.2) is 14.4 Å². The van der Waals surface area contributed by atoms with Gasteiger partial charge in [0.15, 0.2) is 5.76 Å². The van der Waals surface area contributed by atoms with Crippen LogP contribution >= 0.6 is 0 Å². The van der Waals surface area contributed by atoms with Crippen LogP contribution in [-0.2, 0) is 5.54 Å². The van der Waals surface area contributed by atoms with Crippen LogP contribution in [0, 0.1) is 5.82 Å². The number of nitrogens with one attached hydrogen (secondary N) is 1. The average Bonchev–Trinajstić information content (AvgIpc) is 3.32. The first-order chi connectivity index (χ1) is 16.5. The van der Waals surface area contributed by atoms with Gasteiger partial charge in [0.1, 0.15) is 17.3 Å². The first-order valence-electron chi connectivity index (χ1n) is 12.6. The van der Waals surface area contributed by atoms with Gasteiger partial charge < -0.3 is 20.4 Å². The first kappa shape index (κ1) is 23.0. The zero-order valence-electron chi connectivity index (χ0n) is 19.9. The smallest absolute Gasteiger partial charge is 0.215 e. The van der Waals surface area contributed by atoms with E-state index in [1.807, 2.05) is 12.1 Å². The minimum Gasteiger partial charge on any atom is -0.438 e. The number of aromatic nitrogens is 2. The van der Waals surface area contributed by atoms with Crippen molar-refractivity contribution in [3.8, 4) is 22.6 Å². The molecule has 6 nitrogen and oxygen atoms in total. The van der Waals surface area contributed by atoms with E-state index in [9.17, 15) is 4.39 Å². The Labute approximate surface area is 200 Å². The molecule has 5 rings (SSSR count). The van der Waals surface area contributed by atoms with E-state index in [1.165, 1.54) is 44.2 Å². The van der Waals surface area contributed by atoms with Gasteiger partial charge >= 0.3 is 0 Å². The van der Waals surface area contributed by atoms with Gasteiger partial charge in [-0.15, -0.1) is 0 Å². The Morgan fingerprint density at radius 2 is 1.82 bits per heavy atom. The van der Waals surface area contributed by atoms with E-state index < -0.39 is 5.54 Å². The molecule has 0 radical (unpaired) electrons. The van der Waals surface area contributed by atoms with Gasteiger partial charge in [-0.2, -0.15) is 0 Å². The standard InChI is InChI=1S/C27H34FN5O/c1-2-33-16-13-27(29,14-17-33)26-32-24(19-8-10-21(28)11-9-19)25(34-26)20-12-15-30-23(18-20)31-22-6-4-3-5-7-22/h8-12,15,18,22H,2-7,13-14,16-17,29H2,1H3,(H,30,31). The average molecular weight is 464 g/mol. The summed E-state index contributed by atoms with van der Waals surface area (Å²) in [5.41, 5.74) is 8.61. The zero-order chi connectivity index (χ0) is 23.5. The number of nitrogens with two attached hydrogens (primary N) is 1. The number of hydrogen-bond acceptors (Lipinski definition) is 6. The second-order valence-electron chi connectivity index (χ2n) is 9.70. The summed E-state index contributed by atoms with van der Waals surface area (Å²) in [6.45, 7) is 5.02. The van der Waals surface area contributed by atoms with Gasteiger partial charge in [-0.3, -0.25) is 0 Å². The summed E-state index contributed by atoms with van der Waals surface area (Å²) in [5.74, 6) is 1.76. The van der Waals surface area contributed by atoms with E-state index in [2.05, 4.69) is 22.1 Å². The van der Waals surface area contributed by atoms with Gasteiger partial charge in [-0.05, 0) is 68.6 Å². The van der Waals surface area contributed by atoms with E-state index in [-0.39, 0.29) is 5.82 Å². The Kier molecular flexibility index (Phi) is 6.66. The molecule has 1 aromatic carbocycles. The molecule has 1 aliphatic carbocycles. The number of anilines is 1. The third kappa shape index (κ3) is 4.86. The lowest BCUT2D eigenvalue weighted by Gasteiger charge is -2.36. The molecule has 0 atom stereocenters. The Hall–Kier alpha value is -2.77. The van der Waals surface area contributed by atoms with E-state index >= 15 is 0 Å². The van der Waals surface area contributed by atoms with Crippen LogP contribution in [0.3, 0.4) is 0 Å². The highest BCUT2D eigenvalue weighted by molar-refractivity contribution is 5.78. The second-order valence-corrected chi connectivity index (χ2v) is 9.70. The number of nitrogens with zero attached hydrogens (tertiary/aromatic N) is 3. The Balaban J connectivity index is 1.50. The molecular formula is C27H34FN5O. The lowest BCUT2D eigenvalue weighted by Crippen LogP contribution is -2.48. The molecule has 2 aromatic heterocycles. The second kappa shape index (κ2) is 9.84. The molecule has 1 aliphatic heterocycles. The molecule has 0 bridgehead atoms. The Morgan fingerprint density at radius 1 is 1.09 bits per heavy atom. The predicted molar refractivity (Wildman–Crippen MR) is 133 cm³/mol. The molecule has 3 heterocycles. The first-order valence-corrected chi connectivity index (χ1v) is 12.6. The third-order valence-electron chi connectivity index (χ3n) is 7.35. The number of halogens is 1. The maximum atomic E-state index is 13.6. The predicted octanol–water partition coefficient (Wildman–Crippen LogP) is 5.56. The number of piperidine rings is 1. The summed E-state index contributed by atoms with van der Waals surface area (Å²) in [4.78, 5) is 11.8. The van der Waals surface area contributed by atoms with E-state index in [0.29, 0.717) is 23.4 Å². The van der Waals surface area contributed by atoms with Gasteiger partial charge in [0, 0.05) is 36.5 Å². The summed E-state index contributed by atoms with van der Waals surface area (Å²) < 4.78 is 20.1. The van der Waals surface area contributed by atoms with Crippen LogP contribution in [0.1, 0.15) is 57.8 Å². The molecule has 2 fully saturated rings. The maximum Gasteiger partial charge on any atom is 0.215 e. The van der Waals surface area contributed by atoms with Crippen LogP contribution in [0.25, 0.3) is 22.6 Å². The van der Waals surface area contributed by atoms with Crippen molar-refractivity contribution in [2.24, 2.45) is 5.73 Å². The molecule has 7 heteroatoms. The summed E-state index contributed by atoms with van der Waals surface area (Å²) in [6.07, 6.45) is 9.53. The van der Waals surface area contributed by atoms with Crippen LogP contribution in [0.2, 0.25) is 0 Å². The van der Waals surface area contributed by atoms with Crippen molar-refractivity contribution in [3.05, 3.63) is 54.3 Å². The molecule has 2 aliphatic rings. The quantitative estimate of drug-likeness (QED) is 0.498. The number of oxazole rings is 1. The maximum absolute atomic E-state index is 13.6. The topological polar surface area (TPSA) is 80.2 Å². The Morgan fingerprint density at radius 3 is 2.53 bits per heavy atom. The monoisotopic (exact) mass is 463 g/mol. The molecular weight excluding hydrogens is 429 g/mol. The zero-order valence-corrected chi connectivity index (χ0v) is 19.9. The van der Waals surface area contributed by atoms with E-state index in [1.54, 1.807) is 18.3 Å².